The second-order valence-corrected chi connectivity index (χ2v) is 8.68. The van der Waals surface area contributed by atoms with Crippen molar-refractivity contribution in [3.05, 3.63) is 89.1 Å². The van der Waals surface area contributed by atoms with Crippen LogP contribution in [0.3, 0.4) is 0 Å². The molecule has 180 valence electrons. The van der Waals surface area contributed by atoms with Crippen LogP contribution in [-0.4, -0.2) is 60.8 Å². The third kappa shape index (κ3) is 6.23. The van der Waals surface area contributed by atoms with Gasteiger partial charge in [0.15, 0.2) is 5.84 Å². The Hall–Kier alpha value is -4.20. The van der Waals surface area contributed by atoms with Gasteiger partial charge in [-0.3, -0.25) is 9.59 Å². The zero-order chi connectivity index (χ0) is 24.8. The van der Waals surface area contributed by atoms with Crippen LogP contribution in [-0.2, 0) is 22.6 Å². The van der Waals surface area contributed by atoms with E-state index in [9.17, 15) is 9.59 Å². The van der Waals surface area contributed by atoms with E-state index in [0.29, 0.717) is 24.6 Å². The summed E-state index contributed by atoms with van der Waals surface area (Å²) in [6.45, 7) is 0.695. The quantitative estimate of drug-likeness (QED) is 0.642. The molecule has 0 aromatic heterocycles. The summed E-state index contributed by atoms with van der Waals surface area (Å²) >= 11 is 0. The molecule has 8 heteroatoms. The van der Waals surface area contributed by atoms with Gasteiger partial charge in [0.25, 0.3) is 0 Å². The van der Waals surface area contributed by atoms with Crippen molar-refractivity contribution >= 4 is 23.4 Å². The minimum absolute atomic E-state index is 0.0272. The summed E-state index contributed by atoms with van der Waals surface area (Å²) in [6, 6.07) is 17.5. The molecule has 35 heavy (non-hydrogen) atoms. The lowest BCUT2D eigenvalue weighted by Gasteiger charge is -2.22. The van der Waals surface area contributed by atoms with Crippen LogP contribution in [0.25, 0.3) is 0 Å². The van der Waals surface area contributed by atoms with Crippen molar-refractivity contribution in [3.63, 3.8) is 0 Å². The maximum Gasteiger partial charge on any atom is 0.241 e. The van der Waals surface area contributed by atoms with E-state index in [1.807, 2.05) is 73.8 Å². The van der Waals surface area contributed by atoms with Crippen LogP contribution in [0.1, 0.15) is 17.5 Å². The molecule has 1 aliphatic carbocycles. The number of fused-ring (bicyclic) bond motifs is 1. The minimum Gasteiger partial charge on any atom is -0.489 e. The van der Waals surface area contributed by atoms with Gasteiger partial charge in [-0.2, -0.15) is 5.10 Å². The molecule has 0 radical (unpaired) electrons. The number of carbonyl (C=O) groups excluding carboxylic acids is 2. The maximum absolute atomic E-state index is 12.7. The number of rotatable bonds is 8. The van der Waals surface area contributed by atoms with Crippen molar-refractivity contribution in [2.75, 3.05) is 27.7 Å². The zero-order valence-corrected chi connectivity index (χ0v) is 20.2. The van der Waals surface area contributed by atoms with Crippen LogP contribution >= 0.6 is 0 Å². The van der Waals surface area contributed by atoms with Gasteiger partial charge >= 0.3 is 0 Å². The SMILES string of the molecule is CN(C)C(=O)CN(C)C1=NN=C2CC=C(NC(=O)Cc3ccc(OCc4ccccc4)cc3)C=C21. The first-order chi connectivity index (χ1) is 16.9. The van der Waals surface area contributed by atoms with E-state index >= 15 is 0 Å². The molecule has 2 aromatic carbocycles. The largest absolute Gasteiger partial charge is 0.489 e. The molecule has 2 aromatic rings. The second-order valence-electron chi connectivity index (χ2n) is 8.68. The summed E-state index contributed by atoms with van der Waals surface area (Å²) in [5.74, 6) is 1.25. The smallest absolute Gasteiger partial charge is 0.241 e. The van der Waals surface area contributed by atoms with Gasteiger partial charge in [0.1, 0.15) is 12.4 Å². The van der Waals surface area contributed by atoms with Gasteiger partial charge in [-0.15, -0.1) is 5.10 Å². The molecule has 4 rings (SSSR count). The van der Waals surface area contributed by atoms with Crippen molar-refractivity contribution in [1.29, 1.82) is 0 Å². The molecule has 0 saturated heterocycles. The Morgan fingerprint density at radius 1 is 0.971 bits per heavy atom. The highest BCUT2D eigenvalue weighted by atomic mass is 16.5. The van der Waals surface area contributed by atoms with Gasteiger partial charge in [0.05, 0.1) is 18.7 Å². The fourth-order valence-electron chi connectivity index (χ4n) is 3.69. The molecule has 0 atom stereocenters. The summed E-state index contributed by atoms with van der Waals surface area (Å²) in [6.07, 6.45) is 4.60. The Morgan fingerprint density at radius 2 is 1.71 bits per heavy atom. The van der Waals surface area contributed by atoms with Gasteiger partial charge in [-0.25, -0.2) is 0 Å². The molecule has 0 saturated carbocycles. The molecule has 0 spiro atoms. The fourth-order valence-corrected chi connectivity index (χ4v) is 3.69. The number of amidine groups is 1. The Kier molecular flexibility index (Phi) is 7.40. The number of carbonyl (C=O) groups is 2. The number of likely N-dealkylation sites (N-methyl/N-ethyl adjacent to an activating group) is 2. The zero-order valence-electron chi connectivity index (χ0n) is 20.2. The third-order valence-corrected chi connectivity index (χ3v) is 5.69. The lowest BCUT2D eigenvalue weighted by molar-refractivity contribution is -0.128. The van der Waals surface area contributed by atoms with E-state index in [2.05, 4.69) is 15.5 Å². The molecule has 1 aliphatic heterocycles. The summed E-state index contributed by atoms with van der Waals surface area (Å²) in [5.41, 5.74) is 4.36. The van der Waals surface area contributed by atoms with Crippen LogP contribution in [0.5, 0.6) is 5.75 Å². The standard InChI is InChI=1S/C27H29N5O3/c1-31(2)26(34)17-32(3)27-23-16-21(11-14-24(23)29-30-27)28-25(33)15-19-9-12-22(13-10-19)35-18-20-7-5-4-6-8-20/h4-13,16H,14-15,17-18H2,1-3H3,(H,28,33). The first-order valence-electron chi connectivity index (χ1n) is 11.4. The topological polar surface area (TPSA) is 86.6 Å². The molecule has 0 unspecified atom stereocenters. The molecule has 1 heterocycles. The molecule has 2 amide bonds. The predicted octanol–water partition coefficient (Wildman–Crippen LogP) is 2.93. The summed E-state index contributed by atoms with van der Waals surface area (Å²) < 4.78 is 5.81. The van der Waals surface area contributed by atoms with Crippen LogP contribution in [0.4, 0.5) is 0 Å². The maximum atomic E-state index is 12.7. The Bertz CT molecular complexity index is 1210. The van der Waals surface area contributed by atoms with E-state index in [1.165, 1.54) is 4.90 Å². The highest BCUT2D eigenvalue weighted by Crippen LogP contribution is 2.22. The van der Waals surface area contributed by atoms with Gasteiger partial charge in [-0.05, 0) is 29.3 Å². The summed E-state index contributed by atoms with van der Waals surface area (Å²) in [5, 5.41) is 11.5. The molecular weight excluding hydrogens is 442 g/mol. The number of hydrogen-bond donors (Lipinski definition) is 1. The number of ether oxygens (including phenoxy) is 1. The molecule has 8 nitrogen and oxygen atoms in total. The van der Waals surface area contributed by atoms with Gasteiger partial charge in [-0.1, -0.05) is 48.5 Å². The highest BCUT2D eigenvalue weighted by Gasteiger charge is 2.27. The van der Waals surface area contributed by atoms with Crippen LogP contribution < -0.4 is 10.1 Å². The molecule has 1 N–H and O–H groups in total. The Balaban J connectivity index is 1.31. The number of hydrogen-bond acceptors (Lipinski definition) is 6. The van der Waals surface area contributed by atoms with E-state index in [-0.39, 0.29) is 24.8 Å². The van der Waals surface area contributed by atoms with E-state index in [0.717, 1.165) is 28.2 Å². The van der Waals surface area contributed by atoms with E-state index in [4.69, 9.17) is 4.74 Å². The van der Waals surface area contributed by atoms with Crippen molar-refractivity contribution < 1.29 is 14.3 Å². The number of nitrogens with zero attached hydrogens (tertiary/aromatic N) is 4. The predicted molar refractivity (Wildman–Crippen MR) is 136 cm³/mol. The monoisotopic (exact) mass is 471 g/mol. The van der Waals surface area contributed by atoms with Gasteiger partial charge in [0, 0.05) is 38.8 Å². The van der Waals surface area contributed by atoms with Gasteiger partial charge in [0.2, 0.25) is 11.8 Å². The lowest BCUT2D eigenvalue weighted by atomic mass is 9.99. The molecule has 0 fully saturated rings. The molecule has 0 bridgehead atoms. The summed E-state index contributed by atoms with van der Waals surface area (Å²) in [7, 11) is 5.25. The minimum atomic E-state index is -0.112. The molecule has 2 aliphatic rings. The third-order valence-electron chi connectivity index (χ3n) is 5.69. The Morgan fingerprint density at radius 3 is 2.43 bits per heavy atom. The first kappa shape index (κ1) is 23.9. The second kappa shape index (κ2) is 10.8. The van der Waals surface area contributed by atoms with E-state index in [1.54, 1.807) is 19.0 Å². The number of amides is 2. The van der Waals surface area contributed by atoms with Crippen LogP contribution in [0, 0.1) is 0 Å². The molecular formula is C27H29N5O3. The van der Waals surface area contributed by atoms with Crippen LogP contribution in [0.15, 0.2) is 88.2 Å². The highest BCUT2D eigenvalue weighted by molar-refractivity contribution is 6.27. The normalized spacial score (nSPS) is 14.1. The van der Waals surface area contributed by atoms with Crippen molar-refractivity contribution in [3.8, 4) is 5.75 Å². The van der Waals surface area contributed by atoms with Crippen molar-refractivity contribution in [1.82, 2.24) is 15.1 Å². The van der Waals surface area contributed by atoms with Crippen molar-refractivity contribution in [2.24, 2.45) is 10.2 Å². The number of allylic oxidation sites excluding steroid dienone is 2. The van der Waals surface area contributed by atoms with Crippen molar-refractivity contribution in [2.45, 2.75) is 19.4 Å². The summed E-state index contributed by atoms with van der Waals surface area (Å²) in [4.78, 5) is 28.1. The van der Waals surface area contributed by atoms with Crippen LogP contribution in [0.2, 0.25) is 0 Å². The average molecular weight is 472 g/mol. The number of nitrogens with one attached hydrogen (secondary N) is 1. The number of benzene rings is 2. The Labute approximate surface area is 205 Å². The average Bonchev–Trinajstić information content (AvgIpc) is 3.27. The lowest BCUT2D eigenvalue weighted by Crippen LogP contribution is -2.39. The van der Waals surface area contributed by atoms with Gasteiger partial charge < -0.3 is 19.9 Å². The first-order valence-corrected chi connectivity index (χ1v) is 11.4. The fraction of sp³-hybridized carbons (Fsp3) is 0.259. The van der Waals surface area contributed by atoms with E-state index < -0.39 is 0 Å².